The highest BCUT2D eigenvalue weighted by Crippen LogP contribution is 2.16. The Labute approximate surface area is 67.8 Å². The highest BCUT2D eigenvalue weighted by Gasteiger charge is 2.36. The van der Waals surface area contributed by atoms with E-state index in [-0.39, 0.29) is 6.61 Å². The fourth-order valence-corrected chi connectivity index (χ4v) is 0.943. The van der Waals surface area contributed by atoms with Gasteiger partial charge in [0.05, 0.1) is 6.61 Å². The van der Waals surface area contributed by atoms with Crippen LogP contribution in [-0.2, 0) is 4.74 Å². The maximum absolute atomic E-state index is 9.14. The van der Waals surface area contributed by atoms with E-state index in [4.69, 9.17) is 25.6 Å². The van der Waals surface area contributed by atoms with Gasteiger partial charge in [0.2, 0.25) is 0 Å². The van der Waals surface area contributed by atoms with Gasteiger partial charge in [-0.1, -0.05) is 5.11 Å². The van der Waals surface area contributed by atoms with E-state index in [9.17, 15) is 0 Å². The van der Waals surface area contributed by atoms with Gasteiger partial charge in [0, 0.05) is 4.91 Å². The van der Waals surface area contributed by atoms with Gasteiger partial charge >= 0.3 is 0 Å². The number of aliphatic hydroxyl groups excluding tert-OH is 3. The highest BCUT2D eigenvalue weighted by molar-refractivity contribution is 4.85. The number of nitrogens with zero attached hydrogens (tertiary/aromatic N) is 3. The molecular formula is C5H9N3O4. The Hall–Kier alpha value is -0.850. The lowest BCUT2D eigenvalue weighted by Gasteiger charge is -2.32. The van der Waals surface area contributed by atoms with Crippen LogP contribution in [-0.4, -0.2) is 46.5 Å². The molecule has 12 heavy (non-hydrogen) atoms. The van der Waals surface area contributed by atoms with Crippen LogP contribution in [0.25, 0.3) is 10.4 Å². The predicted octanol–water partition coefficient (Wildman–Crippen LogP) is -1.26. The molecule has 0 amide bonds. The first-order chi connectivity index (χ1) is 5.66. The number of rotatable bonds is 1. The Morgan fingerprint density at radius 3 is 2.58 bits per heavy atom. The fraction of sp³-hybridized carbons (Fsp3) is 1.00. The van der Waals surface area contributed by atoms with Crippen molar-refractivity contribution in [1.29, 1.82) is 0 Å². The van der Waals surface area contributed by atoms with Gasteiger partial charge in [0.1, 0.15) is 18.3 Å². The average molecular weight is 175 g/mol. The molecular weight excluding hydrogens is 166 g/mol. The number of azide groups is 1. The number of hydrogen-bond donors (Lipinski definition) is 3. The molecule has 0 radical (unpaired) electrons. The molecule has 1 aliphatic rings. The minimum Gasteiger partial charge on any atom is -0.388 e. The topological polar surface area (TPSA) is 119 Å². The quantitative estimate of drug-likeness (QED) is 0.261. The molecule has 0 aliphatic carbocycles. The zero-order valence-corrected chi connectivity index (χ0v) is 6.11. The second-order valence-electron chi connectivity index (χ2n) is 2.48. The van der Waals surface area contributed by atoms with E-state index < -0.39 is 24.5 Å². The molecule has 0 aromatic carbocycles. The number of ether oxygens (including phenoxy) is 1. The maximum Gasteiger partial charge on any atom is 0.165 e. The third-order valence-corrected chi connectivity index (χ3v) is 1.64. The summed E-state index contributed by atoms with van der Waals surface area (Å²) in [5.41, 5.74) is 8.01. The zero-order chi connectivity index (χ0) is 9.14. The summed E-state index contributed by atoms with van der Waals surface area (Å²) in [4.78, 5) is 2.42. The van der Waals surface area contributed by atoms with Crippen molar-refractivity contribution < 1.29 is 20.1 Å². The minimum absolute atomic E-state index is 0.151. The predicted molar refractivity (Wildman–Crippen MR) is 36.9 cm³/mol. The van der Waals surface area contributed by atoms with Gasteiger partial charge < -0.3 is 20.1 Å². The molecule has 4 atom stereocenters. The summed E-state index contributed by atoms with van der Waals surface area (Å²) in [7, 11) is 0. The highest BCUT2D eigenvalue weighted by atomic mass is 16.5. The molecule has 7 nitrogen and oxygen atoms in total. The lowest BCUT2D eigenvalue weighted by molar-refractivity contribution is -0.184. The molecule has 0 unspecified atom stereocenters. The largest absolute Gasteiger partial charge is 0.388 e. The van der Waals surface area contributed by atoms with Crippen molar-refractivity contribution in [3.05, 3.63) is 10.4 Å². The van der Waals surface area contributed by atoms with Gasteiger partial charge in [-0.2, -0.15) is 0 Å². The Kier molecular flexibility index (Phi) is 2.85. The Bertz CT molecular complexity index is 205. The first-order valence-corrected chi connectivity index (χ1v) is 3.37. The first kappa shape index (κ1) is 9.24. The van der Waals surface area contributed by atoms with Gasteiger partial charge in [-0.25, -0.2) is 0 Å². The smallest absolute Gasteiger partial charge is 0.165 e. The third kappa shape index (κ3) is 1.66. The van der Waals surface area contributed by atoms with Gasteiger partial charge in [-0.05, 0) is 5.53 Å². The Morgan fingerprint density at radius 1 is 1.33 bits per heavy atom. The molecule has 1 heterocycles. The second kappa shape index (κ2) is 3.70. The van der Waals surface area contributed by atoms with Crippen LogP contribution in [0.5, 0.6) is 0 Å². The van der Waals surface area contributed by atoms with E-state index in [2.05, 4.69) is 10.0 Å². The summed E-state index contributed by atoms with van der Waals surface area (Å²) in [6.45, 7) is -0.151. The van der Waals surface area contributed by atoms with Crippen LogP contribution in [0.2, 0.25) is 0 Å². The SMILES string of the molecule is [N-]=[N+]=N[C@@H]1OC[C@H](O)[C@@H](O)[C@@H]1O. The minimum atomic E-state index is -1.37. The van der Waals surface area contributed by atoms with Crippen molar-refractivity contribution in [3.8, 4) is 0 Å². The molecule has 3 N–H and O–H groups in total. The van der Waals surface area contributed by atoms with E-state index in [1.165, 1.54) is 0 Å². The summed E-state index contributed by atoms with van der Waals surface area (Å²) in [6, 6.07) is 0. The standard InChI is InChI=1S/C5H9N3O4/c6-8-7-5-4(11)3(10)2(9)1-12-5/h2-5,9-11H,1H2/t2-,3+,4-,5+/m0/s1. The van der Waals surface area contributed by atoms with E-state index in [0.29, 0.717) is 0 Å². The number of aliphatic hydroxyl groups is 3. The normalized spacial score (nSPS) is 41.9. The van der Waals surface area contributed by atoms with Crippen molar-refractivity contribution in [1.82, 2.24) is 0 Å². The van der Waals surface area contributed by atoms with Crippen molar-refractivity contribution in [2.24, 2.45) is 5.11 Å². The van der Waals surface area contributed by atoms with Crippen molar-refractivity contribution in [2.75, 3.05) is 6.61 Å². The summed E-state index contributed by atoms with van der Waals surface area (Å²) < 4.78 is 4.73. The van der Waals surface area contributed by atoms with Gasteiger partial charge in [-0.15, -0.1) is 0 Å². The van der Waals surface area contributed by atoms with E-state index >= 15 is 0 Å². The molecule has 0 aromatic rings. The summed E-state index contributed by atoms with van der Waals surface area (Å²) in [5, 5.41) is 30.3. The molecule has 1 rings (SSSR count). The molecule has 1 fully saturated rings. The van der Waals surface area contributed by atoms with E-state index in [1.807, 2.05) is 0 Å². The van der Waals surface area contributed by atoms with Crippen molar-refractivity contribution in [2.45, 2.75) is 24.5 Å². The molecule has 1 aliphatic heterocycles. The van der Waals surface area contributed by atoms with Crippen LogP contribution in [0.3, 0.4) is 0 Å². The summed E-state index contributed by atoms with van der Waals surface area (Å²) >= 11 is 0. The molecule has 0 bridgehead atoms. The molecule has 68 valence electrons. The van der Waals surface area contributed by atoms with Crippen LogP contribution in [0.15, 0.2) is 5.11 Å². The van der Waals surface area contributed by atoms with Crippen LogP contribution in [0.1, 0.15) is 0 Å². The van der Waals surface area contributed by atoms with Crippen molar-refractivity contribution in [3.63, 3.8) is 0 Å². The molecule has 0 spiro atoms. The zero-order valence-electron chi connectivity index (χ0n) is 6.11. The maximum atomic E-state index is 9.14. The van der Waals surface area contributed by atoms with Crippen molar-refractivity contribution >= 4 is 0 Å². The molecule has 0 aromatic heterocycles. The molecule has 0 saturated carbocycles. The monoisotopic (exact) mass is 175 g/mol. The van der Waals surface area contributed by atoms with Crippen LogP contribution in [0.4, 0.5) is 0 Å². The molecule has 7 heteroatoms. The summed E-state index contributed by atoms with van der Waals surface area (Å²) in [5.74, 6) is 0. The van der Waals surface area contributed by atoms with Gasteiger partial charge in [0.15, 0.2) is 6.23 Å². The number of hydrogen-bond acceptors (Lipinski definition) is 5. The molecule has 1 saturated heterocycles. The Morgan fingerprint density at radius 2 is 2.00 bits per heavy atom. The van der Waals surface area contributed by atoms with Gasteiger partial charge in [-0.3, -0.25) is 0 Å². The summed E-state index contributed by atoms with van der Waals surface area (Å²) in [6.07, 6.45) is -4.95. The van der Waals surface area contributed by atoms with Crippen LogP contribution in [0, 0.1) is 0 Å². The van der Waals surface area contributed by atoms with E-state index in [0.717, 1.165) is 0 Å². The average Bonchev–Trinajstić information content (AvgIpc) is 2.07. The lowest BCUT2D eigenvalue weighted by atomic mass is 10.1. The van der Waals surface area contributed by atoms with E-state index in [1.54, 1.807) is 0 Å². The second-order valence-corrected chi connectivity index (χ2v) is 2.48. The van der Waals surface area contributed by atoms with Crippen LogP contribution < -0.4 is 0 Å². The van der Waals surface area contributed by atoms with Gasteiger partial charge in [0.25, 0.3) is 0 Å². The van der Waals surface area contributed by atoms with Crippen LogP contribution >= 0.6 is 0 Å². The third-order valence-electron chi connectivity index (χ3n) is 1.64. The Balaban J connectivity index is 2.64. The fourth-order valence-electron chi connectivity index (χ4n) is 0.943. The lowest BCUT2D eigenvalue weighted by Crippen LogP contribution is -2.51. The first-order valence-electron chi connectivity index (χ1n) is 3.37.